The van der Waals surface area contributed by atoms with E-state index < -0.39 is 0 Å². The van der Waals surface area contributed by atoms with Crippen molar-refractivity contribution in [1.29, 1.82) is 0 Å². The van der Waals surface area contributed by atoms with Crippen LogP contribution in [0.2, 0.25) is 0 Å². The minimum absolute atomic E-state index is 0.356. The van der Waals surface area contributed by atoms with Crippen LogP contribution in [-0.2, 0) is 6.42 Å². The summed E-state index contributed by atoms with van der Waals surface area (Å²) in [6.45, 7) is 10.3. The molecule has 17 heavy (non-hydrogen) atoms. The summed E-state index contributed by atoms with van der Waals surface area (Å²) >= 11 is 0. The Kier molecular flexibility index (Phi) is 4.40. The minimum atomic E-state index is 0.356. The number of hydrogen-bond donors (Lipinski definition) is 1. The highest BCUT2D eigenvalue weighted by Gasteiger charge is 2.23. The van der Waals surface area contributed by atoms with Crippen LogP contribution in [0.3, 0.4) is 0 Å². The van der Waals surface area contributed by atoms with E-state index in [9.17, 15) is 0 Å². The summed E-state index contributed by atoms with van der Waals surface area (Å²) in [5.74, 6) is 2.16. The molecule has 94 valence electrons. The Bertz CT molecular complexity index is 353. The van der Waals surface area contributed by atoms with Crippen LogP contribution in [0.15, 0.2) is 29.2 Å². The van der Waals surface area contributed by atoms with Gasteiger partial charge in [0.1, 0.15) is 11.5 Å². The Morgan fingerprint density at radius 1 is 1.47 bits per heavy atom. The van der Waals surface area contributed by atoms with Crippen LogP contribution in [0.25, 0.3) is 0 Å². The molecule has 2 rings (SSSR count). The summed E-state index contributed by atoms with van der Waals surface area (Å²) in [6, 6.07) is 4.57. The van der Waals surface area contributed by atoms with E-state index in [2.05, 4.69) is 35.9 Å². The van der Waals surface area contributed by atoms with Crippen LogP contribution in [-0.4, -0.2) is 31.1 Å². The Hall–Kier alpha value is -1.06. The number of rotatable bonds is 5. The molecule has 0 bridgehead atoms. The SMILES string of the molecule is C=CC[C@@H](c1ccc(CC)o1)N1CCNCC1. The van der Waals surface area contributed by atoms with E-state index >= 15 is 0 Å². The molecule has 1 aromatic heterocycles. The Balaban J connectivity index is 2.11. The smallest absolute Gasteiger partial charge is 0.121 e. The summed E-state index contributed by atoms with van der Waals surface area (Å²) in [5, 5.41) is 3.38. The van der Waals surface area contributed by atoms with Gasteiger partial charge in [0.15, 0.2) is 0 Å². The van der Waals surface area contributed by atoms with Crippen LogP contribution in [0, 0.1) is 0 Å². The van der Waals surface area contributed by atoms with E-state index in [-0.39, 0.29) is 0 Å². The number of piperazine rings is 1. The Morgan fingerprint density at radius 3 is 2.82 bits per heavy atom. The highest BCUT2D eigenvalue weighted by Crippen LogP contribution is 2.26. The fourth-order valence-corrected chi connectivity index (χ4v) is 2.36. The monoisotopic (exact) mass is 234 g/mol. The average Bonchev–Trinajstić information content (AvgIpc) is 2.85. The van der Waals surface area contributed by atoms with Gasteiger partial charge in [-0.05, 0) is 18.6 Å². The second-order valence-electron chi connectivity index (χ2n) is 4.48. The van der Waals surface area contributed by atoms with Crippen molar-refractivity contribution >= 4 is 0 Å². The highest BCUT2D eigenvalue weighted by atomic mass is 16.3. The van der Waals surface area contributed by atoms with Gasteiger partial charge in [-0.3, -0.25) is 4.90 Å². The third-order valence-corrected chi connectivity index (χ3v) is 3.34. The normalized spacial score (nSPS) is 19.1. The molecule has 1 aliphatic rings. The molecule has 1 atom stereocenters. The van der Waals surface area contributed by atoms with E-state index in [0.29, 0.717) is 6.04 Å². The zero-order chi connectivity index (χ0) is 12.1. The molecule has 0 aromatic carbocycles. The molecule has 1 saturated heterocycles. The van der Waals surface area contributed by atoms with Gasteiger partial charge in [0.25, 0.3) is 0 Å². The van der Waals surface area contributed by atoms with Gasteiger partial charge in [-0.25, -0.2) is 0 Å². The molecule has 1 fully saturated rings. The van der Waals surface area contributed by atoms with Crippen molar-refractivity contribution in [2.75, 3.05) is 26.2 Å². The molecule has 0 amide bonds. The maximum Gasteiger partial charge on any atom is 0.121 e. The first-order valence-corrected chi connectivity index (χ1v) is 6.49. The quantitative estimate of drug-likeness (QED) is 0.793. The van der Waals surface area contributed by atoms with Gasteiger partial charge in [-0.2, -0.15) is 0 Å². The number of nitrogens with zero attached hydrogens (tertiary/aromatic N) is 1. The second-order valence-corrected chi connectivity index (χ2v) is 4.48. The molecule has 0 spiro atoms. The van der Waals surface area contributed by atoms with Crippen LogP contribution in [0.1, 0.15) is 30.9 Å². The highest BCUT2D eigenvalue weighted by molar-refractivity contribution is 5.12. The van der Waals surface area contributed by atoms with Gasteiger partial charge in [-0.1, -0.05) is 13.0 Å². The maximum atomic E-state index is 5.89. The van der Waals surface area contributed by atoms with Crippen LogP contribution in [0.5, 0.6) is 0 Å². The number of furan rings is 1. The molecule has 3 nitrogen and oxygen atoms in total. The van der Waals surface area contributed by atoms with E-state index in [1.165, 1.54) is 0 Å². The fourth-order valence-electron chi connectivity index (χ4n) is 2.36. The zero-order valence-electron chi connectivity index (χ0n) is 10.6. The van der Waals surface area contributed by atoms with Crippen molar-refractivity contribution in [3.8, 4) is 0 Å². The molecule has 3 heteroatoms. The van der Waals surface area contributed by atoms with E-state index in [1.807, 2.05) is 6.08 Å². The molecular weight excluding hydrogens is 212 g/mol. The number of aryl methyl sites for hydroxylation is 1. The van der Waals surface area contributed by atoms with Gasteiger partial charge < -0.3 is 9.73 Å². The number of nitrogens with one attached hydrogen (secondary N) is 1. The van der Waals surface area contributed by atoms with Crippen molar-refractivity contribution in [1.82, 2.24) is 10.2 Å². The van der Waals surface area contributed by atoms with E-state index in [1.54, 1.807) is 0 Å². The summed E-state index contributed by atoms with van der Waals surface area (Å²) in [6.07, 6.45) is 3.90. The second kappa shape index (κ2) is 6.03. The lowest BCUT2D eigenvalue weighted by Crippen LogP contribution is -2.45. The summed E-state index contributed by atoms with van der Waals surface area (Å²) in [4.78, 5) is 2.48. The van der Waals surface area contributed by atoms with Crippen molar-refractivity contribution in [3.05, 3.63) is 36.3 Å². The predicted molar refractivity (Wildman–Crippen MR) is 70.1 cm³/mol. The largest absolute Gasteiger partial charge is 0.464 e. The third-order valence-electron chi connectivity index (χ3n) is 3.34. The molecule has 0 unspecified atom stereocenters. The topological polar surface area (TPSA) is 28.4 Å². The average molecular weight is 234 g/mol. The van der Waals surface area contributed by atoms with Gasteiger partial charge in [0.05, 0.1) is 6.04 Å². The summed E-state index contributed by atoms with van der Waals surface area (Å²) < 4.78 is 5.89. The lowest BCUT2D eigenvalue weighted by atomic mass is 10.1. The van der Waals surface area contributed by atoms with E-state index in [4.69, 9.17) is 4.42 Å². The Labute approximate surface area is 103 Å². The van der Waals surface area contributed by atoms with Crippen molar-refractivity contribution < 1.29 is 4.42 Å². The van der Waals surface area contributed by atoms with Gasteiger partial charge in [0.2, 0.25) is 0 Å². The summed E-state index contributed by atoms with van der Waals surface area (Å²) in [5.41, 5.74) is 0. The van der Waals surface area contributed by atoms with E-state index in [0.717, 1.165) is 50.5 Å². The molecule has 0 saturated carbocycles. The molecule has 1 N–H and O–H groups in total. The van der Waals surface area contributed by atoms with Crippen molar-refractivity contribution in [3.63, 3.8) is 0 Å². The Morgan fingerprint density at radius 2 is 2.24 bits per heavy atom. The first-order valence-electron chi connectivity index (χ1n) is 6.49. The molecule has 0 radical (unpaired) electrons. The summed E-state index contributed by atoms with van der Waals surface area (Å²) in [7, 11) is 0. The third kappa shape index (κ3) is 2.99. The van der Waals surface area contributed by atoms with Gasteiger partial charge in [-0.15, -0.1) is 6.58 Å². The van der Waals surface area contributed by atoms with Gasteiger partial charge >= 0.3 is 0 Å². The van der Waals surface area contributed by atoms with Crippen molar-refractivity contribution in [2.45, 2.75) is 25.8 Å². The molecule has 1 aliphatic heterocycles. The molecule has 1 aromatic rings. The lowest BCUT2D eigenvalue weighted by Gasteiger charge is -2.33. The van der Waals surface area contributed by atoms with Crippen LogP contribution in [0.4, 0.5) is 0 Å². The molecule has 2 heterocycles. The van der Waals surface area contributed by atoms with Crippen molar-refractivity contribution in [2.24, 2.45) is 0 Å². The van der Waals surface area contributed by atoms with Crippen LogP contribution < -0.4 is 5.32 Å². The van der Waals surface area contributed by atoms with Crippen LogP contribution >= 0.6 is 0 Å². The van der Waals surface area contributed by atoms with Gasteiger partial charge in [0, 0.05) is 32.6 Å². The minimum Gasteiger partial charge on any atom is -0.464 e. The standard InChI is InChI=1S/C14H22N2O/c1-3-5-13(16-10-8-15-9-11-16)14-7-6-12(4-2)17-14/h3,6-7,13,15H,1,4-5,8-11H2,2H3/t13-/m0/s1. The fraction of sp³-hybridized carbons (Fsp3) is 0.571. The lowest BCUT2D eigenvalue weighted by molar-refractivity contribution is 0.154. The zero-order valence-corrected chi connectivity index (χ0v) is 10.6. The first kappa shape index (κ1) is 12.4. The number of hydrogen-bond acceptors (Lipinski definition) is 3. The molecule has 0 aliphatic carbocycles. The first-order chi connectivity index (χ1) is 8.35. The predicted octanol–water partition coefficient (Wildman–Crippen LogP) is 2.36. The maximum absolute atomic E-state index is 5.89. The molecular formula is C14H22N2O.